The summed E-state index contributed by atoms with van der Waals surface area (Å²) >= 11 is 0.358. The van der Waals surface area contributed by atoms with Crippen molar-refractivity contribution in [1.82, 2.24) is 9.97 Å². The van der Waals surface area contributed by atoms with Crippen molar-refractivity contribution in [2.45, 2.75) is 36.8 Å². The number of alkyl halides is 2. The van der Waals surface area contributed by atoms with E-state index in [2.05, 4.69) is 20.6 Å². The minimum Gasteiger partial charge on any atom is -0.337 e. The molecule has 2 aromatic heterocycles. The number of aromatic nitrogens is 2. The normalized spacial score (nSPS) is 13.5. The summed E-state index contributed by atoms with van der Waals surface area (Å²) in [5.74, 6) is -2.70. The summed E-state index contributed by atoms with van der Waals surface area (Å²) < 4.78 is 25.6. The summed E-state index contributed by atoms with van der Waals surface area (Å²) in [4.78, 5) is 32.7. The first-order valence-electron chi connectivity index (χ1n) is 8.49. The lowest BCUT2D eigenvalue weighted by atomic mass is 10.1. The zero-order valence-corrected chi connectivity index (χ0v) is 15.4. The molecule has 2 N–H and O–H groups in total. The number of nitrogens with one attached hydrogen (secondary N) is 2. The molecule has 0 saturated heterocycles. The number of hydrogen-bond acceptors (Lipinski definition) is 6. The van der Waals surface area contributed by atoms with Crippen LogP contribution in [0.2, 0.25) is 0 Å². The second kappa shape index (κ2) is 8.43. The quantitative estimate of drug-likeness (QED) is 0.509. The molecule has 1 saturated carbocycles. The molecule has 0 radical (unpaired) electrons. The van der Waals surface area contributed by atoms with Gasteiger partial charge < -0.3 is 10.6 Å². The molecule has 142 valence electrons. The van der Waals surface area contributed by atoms with E-state index in [-0.39, 0.29) is 40.4 Å². The molecule has 1 fully saturated rings. The lowest BCUT2D eigenvalue weighted by Crippen LogP contribution is -2.15. The van der Waals surface area contributed by atoms with Crippen molar-refractivity contribution in [3.63, 3.8) is 0 Å². The number of anilines is 3. The van der Waals surface area contributed by atoms with Gasteiger partial charge in [0.05, 0.1) is 22.5 Å². The van der Waals surface area contributed by atoms with Gasteiger partial charge >= 0.3 is 0 Å². The van der Waals surface area contributed by atoms with Crippen molar-refractivity contribution in [3.05, 3.63) is 36.3 Å². The predicted octanol–water partition coefficient (Wildman–Crippen LogP) is 4.48. The SMILES string of the molecule is CCC(=O)c1ncc(NC(=O)C2CC2)cc1Nc1ncccc1SC(F)F. The lowest BCUT2D eigenvalue weighted by molar-refractivity contribution is -0.117. The summed E-state index contributed by atoms with van der Waals surface area (Å²) in [5, 5.41) is 5.68. The average Bonchev–Trinajstić information content (AvgIpc) is 3.48. The number of thioether (sulfide) groups is 1. The predicted molar refractivity (Wildman–Crippen MR) is 99.6 cm³/mol. The van der Waals surface area contributed by atoms with Crippen LogP contribution in [-0.4, -0.2) is 27.4 Å². The molecule has 1 aliphatic carbocycles. The molecule has 0 atom stereocenters. The highest BCUT2D eigenvalue weighted by atomic mass is 32.2. The van der Waals surface area contributed by atoms with Crippen LogP contribution in [0.4, 0.5) is 26.0 Å². The zero-order valence-electron chi connectivity index (χ0n) is 14.5. The number of halogens is 2. The molecule has 0 aromatic carbocycles. The third-order valence-electron chi connectivity index (χ3n) is 3.93. The molecule has 1 amide bonds. The molecule has 3 rings (SSSR count). The van der Waals surface area contributed by atoms with Crippen LogP contribution in [0, 0.1) is 5.92 Å². The van der Waals surface area contributed by atoms with E-state index in [0.29, 0.717) is 23.1 Å². The molecular weight excluding hydrogens is 374 g/mol. The molecule has 0 unspecified atom stereocenters. The molecule has 9 heteroatoms. The van der Waals surface area contributed by atoms with E-state index in [1.54, 1.807) is 19.1 Å². The van der Waals surface area contributed by atoms with Crippen LogP contribution >= 0.6 is 11.8 Å². The lowest BCUT2D eigenvalue weighted by Gasteiger charge is -2.14. The third kappa shape index (κ3) is 5.00. The van der Waals surface area contributed by atoms with Gasteiger partial charge in [-0.05, 0) is 31.0 Å². The Balaban J connectivity index is 1.91. The Morgan fingerprint density at radius 2 is 2.11 bits per heavy atom. The van der Waals surface area contributed by atoms with Gasteiger partial charge in [0.15, 0.2) is 5.78 Å². The van der Waals surface area contributed by atoms with Gasteiger partial charge in [-0.15, -0.1) is 0 Å². The molecule has 0 aliphatic heterocycles. The van der Waals surface area contributed by atoms with Crippen LogP contribution < -0.4 is 10.6 Å². The standard InChI is InChI=1S/C18H18F2N4O2S/c1-2-13(25)15-12(8-11(9-22-15)23-17(26)10-5-6-10)24-16-14(27-18(19)20)4-3-7-21-16/h3-4,7-10,18H,2,5-6H2,1H3,(H,21,24)(H,23,26). The summed E-state index contributed by atoms with van der Waals surface area (Å²) in [7, 11) is 0. The van der Waals surface area contributed by atoms with E-state index in [9.17, 15) is 18.4 Å². The van der Waals surface area contributed by atoms with Crippen LogP contribution in [0.1, 0.15) is 36.7 Å². The summed E-state index contributed by atoms with van der Waals surface area (Å²) in [6.07, 6.45) is 4.83. The van der Waals surface area contributed by atoms with Crippen LogP contribution in [-0.2, 0) is 4.79 Å². The number of ketones is 1. The van der Waals surface area contributed by atoms with Gasteiger partial charge in [-0.1, -0.05) is 18.7 Å². The van der Waals surface area contributed by atoms with Crippen LogP contribution in [0.15, 0.2) is 35.5 Å². The topological polar surface area (TPSA) is 84.0 Å². The van der Waals surface area contributed by atoms with E-state index in [0.717, 1.165) is 12.8 Å². The minimum absolute atomic E-state index is 0.0168. The Hall–Kier alpha value is -2.55. The fourth-order valence-electron chi connectivity index (χ4n) is 2.41. The maximum Gasteiger partial charge on any atom is 0.289 e. The van der Waals surface area contributed by atoms with Crippen molar-refractivity contribution in [2.75, 3.05) is 10.6 Å². The Morgan fingerprint density at radius 3 is 2.78 bits per heavy atom. The highest BCUT2D eigenvalue weighted by Gasteiger charge is 2.29. The van der Waals surface area contributed by atoms with Crippen LogP contribution in [0.5, 0.6) is 0 Å². The zero-order chi connectivity index (χ0) is 19.4. The Morgan fingerprint density at radius 1 is 1.33 bits per heavy atom. The number of nitrogens with zero attached hydrogens (tertiary/aromatic N) is 2. The second-order valence-corrected chi connectivity index (χ2v) is 7.05. The van der Waals surface area contributed by atoms with Gasteiger partial charge in [0, 0.05) is 18.5 Å². The van der Waals surface area contributed by atoms with E-state index >= 15 is 0 Å². The van der Waals surface area contributed by atoms with Crippen LogP contribution in [0.3, 0.4) is 0 Å². The first kappa shape index (κ1) is 19.2. The highest BCUT2D eigenvalue weighted by Crippen LogP contribution is 2.34. The van der Waals surface area contributed by atoms with E-state index in [1.165, 1.54) is 18.5 Å². The number of amides is 1. The number of rotatable bonds is 8. The van der Waals surface area contributed by atoms with Crippen molar-refractivity contribution in [2.24, 2.45) is 5.92 Å². The molecule has 2 heterocycles. The largest absolute Gasteiger partial charge is 0.337 e. The average molecular weight is 392 g/mol. The Labute approximate surface area is 159 Å². The van der Waals surface area contributed by atoms with E-state index in [4.69, 9.17) is 0 Å². The number of hydrogen-bond donors (Lipinski definition) is 2. The van der Waals surface area contributed by atoms with Crippen LogP contribution in [0.25, 0.3) is 0 Å². The van der Waals surface area contributed by atoms with Crippen molar-refractivity contribution in [1.29, 1.82) is 0 Å². The maximum absolute atomic E-state index is 12.8. The monoisotopic (exact) mass is 392 g/mol. The third-order valence-corrected chi connectivity index (χ3v) is 4.69. The first-order valence-corrected chi connectivity index (χ1v) is 9.36. The second-order valence-electron chi connectivity index (χ2n) is 6.01. The van der Waals surface area contributed by atoms with E-state index in [1.807, 2.05) is 0 Å². The molecule has 0 bridgehead atoms. The molecule has 6 nitrogen and oxygen atoms in total. The fourth-order valence-corrected chi connectivity index (χ4v) is 2.98. The molecule has 1 aliphatic rings. The Bertz CT molecular complexity index is 859. The van der Waals surface area contributed by atoms with Crippen molar-refractivity contribution < 1.29 is 18.4 Å². The van der Waals surface area contributed by atoms with E-state index < -0.39 is 5.76 Å². The van der Waals surface area contributed by atoms with Gasteiger partial charge in [-0.3, -0.25) is 9.59 Å². The summed E-state index contributed by atoms with van der Waals surface area (Å²) in [6.45, 7) is 1.70. The van der Waals surface area contributed by atoms with Gasteiger partial charge in [0.1, 0.15) is 11.5 Å². The number of carbonyl (C=O) groups excluding carboxylic acids is 2. The summed E-state index contributed by atoms with van der Waals surface area (Å²) in [5.41, 5.74) is 0.909. The Kier molecular flexibility index (Phi) is 6.00. The fraction of sp³-hybridized carbons (Fsp3) is 0.333. The summed E-state index contributed by atoms with van der Waals surface area (Å²) in [6, 6.07) is 4.64. The van der Waals surface area contributed by atoms with Gasteiger partial charge in [-0.25, -0.2) is 9.97 Å². The first-order chi connectivity index (χ1) is 13.0. The minimum atomic E-state index is -2.60. The smallest absolute Gasteiger partial charge is 0.289 e. The molecule has 0 spiro atoms. The highest BCUT2D eigenvalue weighted by molar-refractivity contribution is 7.99. The molecule has 2 aromatic rings. The number of pyridine rings is 2. The van der Waals surface area contributed by atoms with Crippen molar-refractivity contribution in [3.8, 4) is 0 Å². The molecule has 27 heavy (non-hydrogen) atoms. The van der Waals surface area contributed by atoms with Crippen molar-refractivity contribution >= 4 is 40.6 Å². The maximum atomic E-state index is 12.8. The number of carbonyl (C=O) groups is 2. The van der Waals surface area contributed by atoms with Gasteiger partial charge in [0.25, 0.3) is 5.76 Å². The molecular formula is C18H18F2N4O2S. The van der Waals surface area contributed by atoms with Gasteiger partial charge in [-0.2, -0.15) is 8.78 Å². The number of Topliss-reactive ketones (excluding diaryl/α,β-unsaturated/α-hetero) is 1. The van der Waals surface area contributed by atoms with Gasteiger partial charge in [0.2, 0.25) is 5.91 Å².